The molecule has 3 amide bonds. The van der Waals surface area contributed by atoms with Crippen molar-refractivity contribution in [3.8, 4) is 0 Å². The highest BCUT2D eigenvalue weighted by Crippen LogP contribution is 2.12. The summed E-state index contributed by atoms with van der Waals surface area (Å²) in [6, 6.07) is 6.90. The Hall–Kier alpha value is -2.24. The number of hydrogen-bond donors (Lipinski definition) is 3. The molecule has 1 saturated heterocycles. The third-order valence-corrected chi connectivity index (χ3v) is 2.72. The van der Waals surface area contributed by atoms with Gasteiger partial charge in [0, 0.05) is 37.4 Å². The first-order valence-corrected chi connectivity index (χ1v) is 5.83. The van der Waals surface area contributed by atoms with Gasteiger partial charge < -0.3 is 21.3 Å². The summed E-state index contributed by atoms with van der Waals surface area (Å²) < 4.78 is 0. The molecule has 0 atom stereocenters. The first-order chi connectivity index (χ1) is 8.65. The number of nitrogens with two attached hydrogens (primary N) is 1. The molecule has 1 aliphatic heterocycles. The highest BCUT2D eigenvalue weighted by Gasteiger charge is 2.19. The van der Waals surface area contributed by atoms with Crippen LogP contribution in [-0.2, 0) is 4.79 Å². The van der Waals surface area contributed by atoms with Crippen molar-refractivity contribution in [1.29, 1.82) is 0 Å². The second-order valence-corrected chi connectivity index (χ2v) is 4.14. The van der Waals surface area contributed by atoms with E-state index in [1.54, 1.807) is 29.2 Å². The van der Waals surface area contributed by atoms with Crippen molar-refractivity contribution in [2.75, 3.05) is 30.7 Å². The van der Waals surface area contributed by atoms with Crippen LogP contribution in [0.25, 0.3) is 0 Å². The van der Waals surface area contributed by atoms with Crippen molar-refractivity contribution in [3.63, 3.8) is 0 Å². The Kier molecular flexibility index (Phi) is 3.66. The lowest BCUT2D eigenvalue weighted by molar-refractivity contribution is -0.116. The van der Waals surface area contributed by atoms with Crippen LogP contribution in [0, 0.1) is 0 Å². The zero-order valence-electron chi connectivity index (χ0n) is 9.98. The molecule has 0 aromatic heterocycles. The van der Waals surface area contributed by atoms with E-state index in [9.17, 15) is 9.59 Å². The summed E-state index contributed by atoms with van der Waals surface area (Å²) in [5.74, 6) is -0.125. The number of hydrogen-bond acceptors (Lipinski definition) is 3. The number of amides is 3. The van der Waals surface area contributed by atoms with Gasteiger partial charge in [0.2, 0.25) is 5.91 Å². The molecule has 1 aliphatic rings. The molecule has 0 bridgehead atoms. The van der Waals surface area contributed by atoms with E-state index in [0.29, 0.717) is 31.0 Å². The summed E-state index contributed by atoms with van der Waals surface area (Å²) >= 11 is 0. The van der Waals surface area contributed by atoms with Crippen LogP contribution in [0.3, 0.4) is 0 Å². The number of urea groups is 1. The van der Waals surface area contributed by atoms with Crippen molar-refractivity contribution in [2.45, 2.75) is 6.42 Å². The van der Waals surface area contributed by atoms with Crippen molar-refractivity contribution in [3.05, 3.63) is 24.3 Å². The van der Waals surface area contributed by atoms with E-state index in [1.165, 1.54) is 0 Å². The molecule has 1 aromatic rings. The minimum Gasteiger partial charge on any atom is -0.399 e. The van der Waals surface area contributed by atoms with E-state index in [1.807, 2.05) is 0 Å². The number of nitrogens with one attached hydrogen (secondary N) is 2. The fourth-order valence-electron chi connectivity index (χ4n) is 1.80. The van der Waals surface area contributed by atoms with Crippen LogP contribution >= 0.6 is 0 Å². The van der Waals surface area contributed by atoms with Crippen LogP contribution < -0.4 is 16.4 Å². The largest absolute Gasteiger partial charge is 0.399 e. The van der Waals surface area contributed by atoms with E-state index in [2.05, 4.69) is 10.6 Å². The topological polar surface area (TPSA) is 87.5 Å². The molecule has 1 fully saturated rings. The molecule has 1 aromatic carbocycles. The molecule has 96 valence electrons. The molecule has 4 N–H and O–H groups in total. The Morgan fingerprint density at radius 1 is 1.50 bits per heavy atom. The zero-order valence-corrected chi connectivity index (χ0v) is 9.98. The summed E-state index contributed by atoms with van der Waals surface area (Å²) in [5.41, 5.74) is 6.89. The summed E-state index contributed by atoms with van der Waals surface area (Å²) in [6.07, 6.45) is 0.280. The number of benzene rings is 1. The maximum atomic E-state index is 11.7. The molecular weight excluding hydrogens is 232 g/mol. The van der Waals surface area contributed by atoms with Gasteiger partial charge >= 0.3 is 6.03 Å². The quantitative estimate of drug-likeness (QED) is 0.683. The third kappa shape index (κ3) is 3.13. The first kappa shape index (κ1) is 12.2. The van der Waals surface area contributed by atoms with Crippen LogP contribution in [0.15, 0.2) is 24.3 Å². The predicted octanol–water partition coefficient (Wildman–Crippen LogP) is 0.623. The van der Waals surface area contributed by atoms with Gasteiger partial charge in [0.25, 0.3) is 0 Å². The van der Waals surface area contributed by atoms with Gasteiger partial charge in [-0.3, -0.25) is 4.79 Å². The molecule has 18 heavy (non-hydrogen) atoms. The maximum Gasteiger partial charge on any atom is 0.317 e. The van der Waals surface area contributed by atoms with E-state index < -0.39 is 0 Å². The van der Waals surface area contributed by atoms with E-state index >= 15 is 0 Å². The fraction of sp³-hybridized carbons (Fsp3) is 0.333. The van der Waals surface area contributed by atoms with Crippen molar-refractivity contribution >= 4 is 23.3 Å². The fourth-order valence-corrected chi connectivity index (χ4v) is 1.80. The molecule has 0 spiro atoms. The summed E-state index contributed by atoms with van der Waals surface area (Å²) in [5, 5.41) is 5.43. The normalized spacial score (nSPS) is 14.4. The highest BCUT2D eigenvalue weighted by molar-refractivity contribution is 5.91. The van der Waals surface area contributed by atoms with Crippen LogP contribution in [-0.4, -0.2) is 36.5 Å². The van der Waals surface area contributed by atoms with Crippen LogP contribution in [0.4, 0.5) is 16.2 Å². The summed E-state index contributed by atoms with van der Waals surface area (Å²) in [7, 11) is 0. The average molecular weight is 248 g/mol. The summed E-state index contributed by atoms with van der Waals surface area (Å²) in [4.78, 5) is 24.6. The minimum atomic E-state index is -0.125. The second-order valence-electron chi connectivity index (χ2n) is 4.14. The molecule has 2 rings (SSSR count). The van der Waals surface area contributed by atoms with Crippen LogP contribution in [0.5, 0.6) is 0 Å². The number of carbonyl (C=O) groups is 2. The third-order valence-electron chi connectivity index (χ3n) is 2.72. The average Bonchev–Trinajstić information content (AvgIpc) is 2.72. The van der Waals surface area contributed by atoms with Crippen molar-refractivity contribution < 1.29 is 9.59 Å². The molecule has 0 radical (unpaired) electrons. The van der Waals surface area contributed by atoms with Crippen molar-refractivity contribution in [1.82, 2.24) is 10.2 Å². The Morgan fingerprint density at radius 2 is 2.33 bits per heavy atom. The number of carbonyl (C=O) groups excluding carboxylic acids is 2. The molecule has 0 unspecified atom stereocenters. The van der Waals surface area contributed by atoms with Gasteiger partial charge in [-0.1, -0.05) is 6.07 Å². The maximum absolute atomic E-state index is 11.7. The molecule has 0 saturated carbocycles. The van der Waals surface area contributed by atoms with Gasteiger partial charge in [-0.05, 0) is 18.2 Å². The summed E-state index contributed by atoms with van der Waals surface area (Å²) in [6.45, 7) is 1.74. The van der Waals surface area contributed by atoms with Crippen LogP contribution in [0.2, 0.25) is 0 Å². The SMILES string of the molecule is Nc1cccc(NC(=O)CCN2CCNC2=O)c1. The highest BCUT2D eigenvalue weighted by atomic mass is 16.2. The number of nitrogen functional groups attached to an aromatic ring is 1. The molecular formula is C12H16N4O2. The number of rotatable bonds is 4. The lowest BCUT2D eigenvalue weighted by Crippen LogP contribution is -2.31. The van der Waals surface area contributed by atoms with E-state index in [0.717, 1.165) is 0 Å². The Bertz CT molecular complexity index is 461. The first-order valence-electron chi connectivity index (χ1n) is 5.83. The number of anilines is 2. The molecule has 6 heteroatoms. The Labute approximate surface area is 105 Å². The standard InChI is InChI=1S/C12H16N4O2/c13-9-2-1-3-10(8-9)15-11(17)4-6-16-7-5-14-12(16)18/h1-3,8H,4-7,13H2,(H,14,18)(H,15,17). The van der Waals surface area contributed by atoms with Crippen molar-refractivity contribution in [2.24, 2.45) is 0 Å². The number of nitrogens with zero attached hydrogens (tertiary/aromatic N) is 1. The smallest absolute Gasteiger partial charge is 0.317 e. The molecule has 6 nitrogen and oxygen atoms in total. The van der Waals surface area contributed by atoms with Gasteiger partial charge in [-0.25, -0.2) is 4.79 Å². The van der Waals surface area contributed by atoms with Gasteiger partial charge in [0.05, 0.1) is 0 Å². The lowest BCUT2D eigenvalue weighted by atomic mass is 10.2. The van der Waals surface area contributed by atoms with E-state index in [-0.39, 0.29) is 18.4 Å². The van der Waals surface area contributed by atoms with Gasteiger partial charge in [-0.15, -0.1) is 0 Å². The Morgan fingerprint density at radius 3 is 3.00 bits per heavy atom. The van der Waals surface area contributed by atoms with Gasteiger partial charge in [0.1, 0.15) is 0 Å². The molecule has 0 aliphatic carbocycles. The lowest BCUT2D eigenvalue weighted by Gasteiger charge is -2.13. The van der Waals surface area contributed by atoms with Gasteiger partial charge in [0.15, 0.2) is 0 Å². The Balaban J connectivity index is 1.80. The predicted molar refractivity (Wildman–Crippen MR) is 69.1 cm³/mol. The van der Waals surface area contributed by atoms with E-state index in [4.69, 9.17) is 5.73 Å². The zero-order chi connectivity index (χ0) is 13.0. The van der Waals surface area contributed by atoms with Crippen LogP contribution in [0.1, 0.15) is 6.42 Å². The second kappa shape index (κ2) is 5.39. The van der Waals surface area contributed by atoms with Gasteiger partial charge in [-0.2, -0.15) is 0 Å². The monoisotopic (exact) mass is 248 g/mol. The minimum absolute atomic E-state index is 0.105. The molecule has 1 heterocycles.